The van der Waals surface area contributed by atoms with Crippen LogP contribution in [0, 0.1) is 11.3 Å². The van der Waals surface area contributed by atoms with Gasteiger partial charge in [0.1, 0.15) is 0 Å². The maximum Gasteiger partial charge on any atom is 0.227 e. The zero-order valence-electron chi connectivity index (χ0n) is 16.7. The van der Waals surface area contributed by atoms with Crippen molar-refractivity contribution in [3.05, 3.63) is 0 Å². The van der Waals surface area contributed by atoms with Crippen molar-refractivity contribution in [1.82, 2.24) is 16.0 Å². The average Bonchev–Trinajstić information content (AvgIpc) is 2.62. The summed E-state index contributed by atoms with van der Waals surface area (Å²) < 4.78 is 11.1. The van der Waals surface area contributed by atoms with Crippen molar-refractivity contribution in [2.75, 3.05) is 53.1 Å². The molecule has 1 saturated heterocycles. The molecule has 3 N–H and O–H groups in total. The Bertz CT molecular complexity index is 413. The van der Waals surface area contributed by atoms with Gasteiger partial charge in [-0.15, -0.1) is 24.0 Å². The van der Waals surface area contributed by atoms with E-state index in [1.165, 1.54) is 0 Å². The van der Waals surface area contributed by atoms with Gasteiger partial charge in [0.05, 0.1) is 12.0 Å². The molecule has 1 amide bonds. The molecule has 0 aromatic carbocycles. The fraction of sp³-hybridized carbons (Fsp3) is 0.889. The molecular formula is C18H37IN4O3. The zero-order valence-corrected chi connectivity index (χ0v) is 19.1. The Kier molecular flexibility index (Phi) is 14.1. The molecule has 1 aliphatic heterocycles. The van der Waals surface area contributed by atoms with Gasteiger partial charge < -0.3 is 25.4 Å². The lowest BCUT2D eigenvalue weighted by molar-refractivity contribution is -0.128. The summed E-state index contributed by atoms with van der Waals surface area (Å²) in [5, 5.41) is 9.18. The Morgan fingerprint density at radius 3 is 2.58 bits per heavy atom. The number of aliphatic imine (C=N–C) groups is 1. The molecule has 0 unspecified atom stereocenters. The molecule has 1 aliphatic rings. The number of hydrogen-bond donors (Lipinski definition) is 3. The molecule has 0 bridgehead atoms. The molecule has 8 heteroatoms. The predicted octanol–water partition coefficient (Wildman–Crippen LogP) is 1.77. The van der Waals surface area contributed by atoms with Crippen LogP contribution < -0.4 is 16.0 Å². The first-order valence-electron chi connectivity index (χ1n) is 9.39. The average molecular weight is 484 g/mol. The largest absolute Gasteiger partial charge is 0.381 e. The van der Waals surface area contributed by atoms with Gasteiger partial charge in [-0.1, -0.05) is 0 Å². The minimum Gasteiger partial charge on any atom is -0.381 e. The summed E-state index contributed by atoms with van der Waals surface area (Å²) >= 11 is 0. The molecule has 1 rings (SSSR count). The van der Waals surface area contributed by atoms with Crippen molar-refractivity contribution in [3.63, 3.8) is 0 Å². The monoisotopic (exact) mass is 484 g/mol. The Hall–Kier alpha value is -0.610. The van der Waals surface area contributed by atoms with Crippen LogP contribution in [0.3, 0.4) is 0 Å². The fourth-order valence-corrected chi connectivity index (χ4v) is 2.57. The Balaban J connectivity index is 0.00000625. The Labute approximate surface area is 175 Å². The maximum absolute atomic E-state index is 11.8. The van der Waals surface area contributed by atoms with E-state index < -0.39 is 5.41 Å². The van der Waals surface area contributed by atoms with E-state index in [9.17, 15) is 4.79 Å². The topological polar surface area (TPSA) is 84.0 Å². The van der Waals surface area contributed by atoms with Crippen molar-refractivity contribution in [2.24, 2.45) is 16.3 Å². The van der Waals surface area contributed by atoms with E-state index in [2.05, 4.69) is 20.9 Å². The molecule has 0 aliphatic carbocycles. The number of amides is 1. The van der Waals surface area contributed by atoms with Crippen molar-refractivity contribution in [1.29, 1.82) is 0 Å². The molecule has 0 aromatic rings. The van der Waals surface area contributed by atoms with Crippen LogP contribution in [-0.4, -0.2) is 65.0 Å². The van der Waals surface area contributed by atoms with Crippen LogP contribution in [0.2, 0.25) is 0 Å². The molecule has 0 atom stereocenters. The van der Waals surface area contributed by atoms with Gasteiger partial charge in [0.15, 0.2) is 5.96 Å². The highest BCUT2D eigenvalue weighted by Gasteiger charge is 2.26. The molecule has 1 heterocycles. The molecule has 0 radical (unpaired) electrons. The van der Waals surface area contributed by atoms with Crippen LogP contribution in [-0.2, 0) is 14.3 Å². The molecule has 26 heavy (non-hydrogen) atoms. The van der Waals surface area contributed by atoms with Gasteiger partial charge in [0.2, 0.25) is 5.91 Å². The highest BCUT2D eigenvalue weighted by atomic mass is 127. The Morgan fingerprint density at radius 1 is 1.27 bits per heavy atom. The van der Waals surface area contributed by atoms with Crippen LogP contribution in [0.4, 0.5) is 0 Å². The third-order valence-corrected chi connectivity index (χ3v) is 4.27. The summed E-state index contributed by atoms with van der Waals surface area (Å²) in [6.07, 6.45) is 3.14. The number of ether oxygens (including phenoxy) is 2. The number of halogens is 1. The second-order valence-electron chi connectivity index (χ2n) is 7.07. The quantitative estimate of drug-likeness (QED) is 0.191. The molecule has 0 spiro atoms. The van der Waals surface area contributed by atoms with Crippen LogP contribution >= 0.6 is 24.0 Å². The second kappa shape index (κ2) is 14.4. The first-order valence-corrected chi connectivity index (χ1v) is 9.39. The zero-order chi connectivity index (χ0) is 18.5. The summed E-state index contributed by atoms with van der Waals surface area (Å²) in [4.78, 5) is 16.3. The molecule has 1 fully saturated rings. The van der Waals surface area contributed by atoms with E-state index in [-0.39, 0.29) is 29.9 Å². The van der Waals surface area contributed by atoms with E-state index in [0.717, 1.165) is 64.7 Å². The van der Waals surface area contributed by atoms with Gasteiger partial charge >= 0.3 is 0 Å². The lowest BCUT2D eigenvalue weighted by Gasteiger charge is -2.22. The highest BCUT2D eigenvalue weighted by molar-refractivity contribution is 14.0. The van der Waals surface area contributed by atoms with E-state index >= 15 is 0 Å². The summed E-state index contributed by atoms with van der Waals surface area (Å²) in [5.41, 5.74) is -0.524. The standard InChI is InChI=1S/C18H36N4O3.HI/c1-5-20-17(22-14-18(2,3)16(23)19-4)21-9-6-10-25-13-15-7-11-24-12-8-15;/h15H,5-14H2,1-4H3,(H,19,23)(H2,20,21,22);1H. The summed E-state index contributed by atoms with van der Waals surface area (Å²) in [7, 11) is 1.65. The fourth-order valence-electron chi connectivity index (χ4n) is 2.57. The van der Waals surface area contributed by atoms with E-state index in [0.29, 0.717) is 12.5 Å². The molecular weight excluding hydrogens is 447 g/mol. The van der Waals surface area contributed by atoms with Crippen LogP contribution in [0.15, 0.2) is 4.99 Å². The highest BCUT2D eigenvalue weighted by Crippen LogP contribution is 2.15. The van der Waals surface area contributed by atoms with Crippen molar-refractivity contribution < 1.29 is 14.3 Å². The number of carbonyl (C=O) groups is 1. The number of nitrogens with one attached hydrogen (secondary N) is 3. The predicted molar refractivity (Wildman–Crippen MR) is 116 cm³/mol. The molecule has 0 saturated carbocycles. The lowest BCUT2D eigenvalue weighted by atomic mass is 9.93. The van der Waals surface area contributed by atoms with Crippen LogP contribution in [0.1, 0.15) is 40.0 Å². The van der Waals surface area contributed by atoms with Gasteiger partial charge in [0, 0.05) is 46.6 Å². The van der Waals surface area contributed by atoms with Crippen LogP contribution in [0.5, 0.6) is 0 Å². The maximum atomic E-state index is 11.8. The third kappa shape index (κ3) is 10.5. The molecule has 0 aromatic heterocycles. The lowest BCUT2D eigenvalue weighted by Crippen LogP contribution is -2.41. The van der Waals surface area contributed by atoms with Gasteiger partial charge in [-0.25, -0.2) is 0 Å². The van der Waals surface area contributed by atoms with Crippen molar-refractivity contribution >= 4 is 35.8 Å². The number of rotatable bonds is 10. The molecule has 7 nitrogen and oxygen atoms in total. The SMILES string of the molecule is CCNC(=NCC(C)(C)C(=O)NC)NCCCOCC1CCOCC1.I. The third-order valence-electron chi connectivity index (χ3n) is 4.27. The van der Waals surface area contributed by atoms with Crippen molar-refractivity contribution in [3.8, 4) is 0 Å². The summed E-state index contributed by atoms with van der Waals surface area (Å²) in [5.74, 6) is 1.38. The second-order valence-corrected chi connectivity index (χ2v) is 7.07. The smallest absolute Gasteiger partial charge is 0.227 e. The minimum absolute atomic E-state index is 0. The summed E-state index contributed by atoms with van der Waals surface area (Å²) in [6.45, 7) is 11.1. The van der Waals surface area contributed by atoms with Gasteiger partial charge in [-0.05, 0) is 46.0 Å². The van der Waals surface area contributed by atoms with E-state index in [1.54, 1.807) is 7.05 Å². The minimum atomic E-state index is -0.524. The normalized spacial score (nSPS) is 15.9. The number of carbonyl (C=O) groups excluding carboxylic acids is 1. The Morgan fingerprint density at radius 2 is 1.96 bits per heavy atom. The first-order chi connectivity index (χ1) is 12.0. The van der Waals surface area contributed by atoms with Crippen LogP contribution in [0.25, 0.3) is 0 Å². The number of hydrogen-bond acceptors (Lipinski definition) is 4. The van der Waals surface area contributed by atoms with Gasteiger partial charge in [-0.3, -0.25) is 9.79 Å². The van der Waals surface area contributed by atoms with E-state index in [4.69, 9.17) is 9.47 Å². The van der Waals surface area contributed by atoms with Gasteiger partial charge in [0.25, 0.3) is 0 Å². The van der Waals surface area contributed by atoms with E-state index in [1.807, 2.05) is 20.8 Å². The molecule has 154 valence electrons. The van der Waals surface area contributed by atoms with Gasteiger partial charge in [-0.2, -0.15) is 0 Å². The first kappa shape index (κ1) is 25.4. The summed E-state index contributed by atoms with van der Waals surface area (Å²) in [6, 6.07) is 0. The number of guanidine groups is 1. The van der Waals surface area contributed by atoms with Crippen molar-refractivity contribution in [2.45, 2.75) is 40.0 Å². The number of nitrogens with zero attached hydrogens (tertiary/aromatic N) is 1.